The SMILES string of the molecule is CC(C)CN1C(N)=NCC12CCC(C)C(C)C2. The van der Waals surface area contributed by atoms with Crippen molar-refractivity contribution in [2.45, 2.75) is 52.5 Å². The minimum absolute atomic E-state index is 0.250. The largest absolute Gasteiger partial charge is 0.370 e. The van der Waals surface area contributed by atoms with Gasteiger partial charge >= 0.3 is 0 Å². The molecule has 2 N–H and O–H groups in total. The Morgan fingerprint density at radius 2 is 2.12 bits per heavy atom. The van der Waals surface area contributed by atoms with Crippen molar-refractivity contribution < 1.29 is 0 Å². The number of nitrogens with zero attached hydrogens (tertiary/aromatic N) is 2. The second-order valence-electron chi connectivity index (χ2n) is 6.60. The van der Waals surface area contributed by atoms with Crippen LogP contribution in [0.15, 0.2) is 4.99 Å². The van der Waals surface area contributed by atoms with E-state index in [1.54, 1.807) is 0 Å². The molecule has 3 nitrogen and oxygen atoms in total. The maximum absolute atomic E-state index is 6.09. The average Bonchev–Trinajstić information content (AvgIpc) is 2.53. The Balaban J connectivity index is 2.14. The van der Waals surface area contributed by atoms with Crippen LogP contribution in [0.3, 0.4) is 0 Å². The summed E-state index contributed by atoms with van der Waals surface area (Å²) in [5, 5.41) is 0. The number of aliphatic imine (C=N–C) groups is 1. The van der Waals surface area contributed by atoms with E-state index in [1.807, 2.05) is 0 Å². The molecule has 1 fully saturated rings. The molecule has 98 valence electrons. The topological polar surface area (TPSA) is 41.6 Å². The van der Waals surface area contributed by atoms with Crippen molar-refractivity contribution in [1.29, 1.82) is 0 Å². The van der Waals surface area contributed by atoms with Gasteiger partial charge in [0.1, 0.15) is 0 Å². The van der Waals surface area contributed by atoms with E-state index in [-0.39, 0.29) is 5.54 Å². The summed E-state index contributed by atoms with van der Waals surface area (Å²) in [4.78, 5) is 6.93. The molecule has 0 saturated heterocycles. The van der Waals surface area contributed by atoms with Crippen LogP contribution in [-0.2, 0) is 0 Å². The standard InChI is InChI=1S/C14H27N3/c1-10(2)8-17-13(15)16-9-14(17)6-5-11(3)12(4)7-14/h10-12H,5-9H2,1-4H3,(H2,15,16). The van der Waals surface area contributed by atoms with Crippen molar-refractivity contribution in [1.82, 2.24) is 4.90 Å². The number of hydrogen-bond donors (Lipinski definition) is 1. The van der Waals surface area contributed by atoms with Crippen LogP contribution in [0.4, 0.5) is 0 Å². The molecule has 0 radical (unpaired) electrons. The Kier molecular flexibility index (Phi) is 3.37. The predicted molar refractivity (Wildman–Crippen MR) is 72.9 cm³/mol. The number of rotatable bonds is 2. The van der Waals surface area contributed by atoms with Gasteiger partial charge in [0.05, 0.1) is 12.1 Å². The number of hydrogen-bond acceptors (Lipinski definition) is 3. The summed E-state index contributed by atoms with van der Waals surface area (Å²) < 4.78 is 0. The van der Waals surface area contributed by atoms with Crippen molar-refractivity contribution in [3.63, 3.8) is 0 Å². The molecule has 2 aliphatic rings. The normalized spacial score (nSPS) is 37.9. The molecule has 0 aromatic heterocycles. The molecule has 1 aliphatic carbocycles. The van der Waals surface area contributed by atoms with E-state index in [2.05, 4.69) is 37.6 Å². The van der Waals surface area contributed by atoms with Gasteiger partial charge in [-0.1, -0.05) is 27.7 Å². The first-order valence-corrected chi connectivity index (χ1v) is 7.02. The third-order valence-electron chi connectivity index (χ3n) is 4.67. The van der Waals surface area contributed by atoms with E-state index in [4.69, 9.17) is 5.73 Å². The first kappa shape index (κ1) is 12.7. The molecule has 17 heavy (non-hydrogen) atoms. The smallest absolute Gasteiger partial charge is 0.191 e. The number of nitrogens with two attached hydrogens (primary N) is 1. The summed E-state index contributed by atoms with van der Waals surface area (Å²) in [7, 11) is 0. The van der Waals surface area contributed by atoms with E-state index in [0.717, 1.165) is 30.9 Å². The summed E-state index contributed by atoms with van der Waals surface area (Å²) in [6.07, 6.45) is 3.83. The fraction of sp³-hybridized carbons (Fsp3) is 0.929. The summed E-state index contributed by atoms with van der Waals surface area (Å²) in [6, 6.07) is 0. The average molecular weight is 237 g/mol. The Morgan fingerprint density at radius 1 is 1.41 bits per heavy atom. The van der Waals surface area contributed by atoms with Crippen LogP contribution in [0, 0.1) is 17.8 Å². The second-order valence-corrected chi connectivity index (χ2v) is 6.60. The Morgan fingerprint density at radius 3 is 2.71 bits per heavy atom. The van der Waals surface area contributed by atoms with Gasteiger partial charge in [-0.2, -0.15) is 0 Å². The molecule has 3 atom stereocenters. The predicted octanol–water partition coefficient (Wildman–Crippen LogP) is 2.47. The van der Waals surface area contributed by atoms with Crippen molar-refractivity contribution in [3.8, 4) is 0 Å². The minimum Gasteiger partial charge on any atom is -0.370 e. The van der Waals surface area contributed by atoms with Crippen molar-refractivity contribution in [2.75, 3.05) is 13.1 Å². The zero-order valence-corrected chi connectivity index (χ0v) is 11.7. The quantitative estimate of drug-likeness (QED) is 0.801. The van der Waals surface area contributed by atoms with Crippen molar-refractivity contribution >= 4 is 5.96 Å². The first-order valence-electron chi connectivity index (χ1n) is 7.02. The van der Waals surface area contributed by atoms with E-state index in [9.17, 15) is 0 Å². The molecule has 2 rings (SSSR count). The van der Waals surface area contributed by atoms with E-state index in [0.29, 0.717) is 5.92 Å². The van der Waals surface area contributed by atoms with Gasteiger partial charge in [-0.3, -0.25) is 4.99 Å². The van der Waals surface area contributed by atoms with Crippen LogP contribution in [0.1, 0.15) is 47.0 Å². The highest BCUT2D eigenvalue weighted by atomic mass is 15.4. The van der Waals surface area contributed by atoms with Crippen LogP contribution in [0.25, 0.3) is 0 Å². The first-order chi connectivity index (χ1) is 7.94. The van der Waals surface area contributed by atoms with Crippen LogP contribution in [0.5, 0.6) is 0 Å². The molecule has 1 spiro atoms. The van der Waals surface area contributed by atoms with Gasteiger partial charge in [-0.05, 0) is 37.0 Å². The van der Waals surface area contributed by atoms with Crippen LogP contribution in [-0.4, -0.2) is 29.5 Å². The van der Waals surface area contributed by atoms with Gasteiger partial charge < -0.3 is 10.6 Å². The van der Waals surface area contributed by atoms with Gasteiger partial charge in [0.25, 0.3) is 0 Å². The Labute approximate surface area is 105 Å². The highest BCUT2D eigenvalue weighted by molar-refractivity contribution is 5.81. The fourth-order valence-corrected chi connectivity index (χ4v) is 3.37. The lowest BCUT2D eigenvalue weighted by Crippen LogP contribution is -2.55. The van der Waals surface area contributed by atoms with Crippen LogP contribution in [0.2, 0.25) is 0 Å². The molecule has 3 heteroatoms. The molecule has 1 heterocycles. The molecule has 0 amide bonds. The third kappa shape index (κ3) is 2.29. The maximum Gasteiger partial charge on any atom is 0.191 e. The zero-order valence-electron chi connectivity index (χ0n) is 11.7. The van der Waals surface area contributed by atoms with Crippen molar-refractivity contribution in [3.05, 3.63) is 0 Å². The summed E-state index contributed by atoms with van der Waals surface area (Å²) in [5.74, 6) is 3.07. The fourth-order valence-electron chi connectivity index (χ4n) is 3.37. The molecule has 3 unspecified atom stereocenters. The van der Waals surface area contributed by atoms with Crippen LogP contribution < -0.4 is 5.73 Å². The zero-order chi connectivity index (χ0) is 12.6. The lowest BCUT2D eigenvalue weighted by molar-refractivity contribution is 0.0769. The van der Waals surface area contributed by atoms with Gasteiger partial charge in [-0.25, -0.2) is 0 Å². The lowest BCUT2D eigenvalue weighted by Gasteiger charge is -2.46. The van der Waals surface area contributed by atoms with Gasteiger partial charge in [0.15, 0.2) is 5.96 Å². The lowest BCUT2D eigenvalue weighted by atomic mass is 9.70. The van der Waals surface area contributed by atoms with Crippen molar-refractivity contribution in [2.24, 2.45) is 28.5 Å². The van der Waals surface area contributed by atoms with Gasteiger partial charge in [0, 0.05) is 6.54 Å². The Hall–Kier alpha value is -0.730. The molecule has 0 aromatic rings. The molecule has 1 aliphatic heterocycles. The molecule has 1 saturated carbocycles. The molecule has 0 bridgehead atoms. The second kappa shape index (κ2) is 4.51. The highest BCUT2D eigenvalue weighted by Gasteiger charge is 2.46. The number of guanidine groups is 1. The monoisotopic (exact) mass is 237 g/mol. The van der Waals surface area contributed by atoms with Gasteiger partial charge in [-0.15, -0.1) is 0 Å². The maximum atomic E-state index is 6.09. The minimum atomic E-state index is 0.250. The Bertz CT molecular complexity index is 311. The highest BCUT2D eigenvalue weighted by Crippen LogP contribution is 2.42. The van der Waals surface area contributed by atoms with Gasteiger partial charge in [0.2, 0.25) is 0 Å². The summed E-state index contributed by atoms with van der Waals surface area (Å²) in [6.45, 7) is 11.2. The molecular weight excluding hydrogens is 210 g/mol. The van der Waals surface area contributed by atoms with E-state index < -0.39 is 0 Å². The third-order valence-corrected chi connectivity index (χ3v) is 4.67. The van der Waals surface area contributed by atoms with E-state index in [1.165, 1.54) is 19.3 Å². The summed E-state index contributed by atoms with van der Waals surface area (Å²) in [5.41, 5.74) is 6.34. The van der Waals surface area contributed by atoms with E-state index >= 15 is 0 Å². The molecular formula is C14H27N3. The van der Waals surface area contributed by atoms with Crippen LogP contribution >= 0.6 is 0 Å². The summed E-state index contributed by atoms with van der Waals surface area (Å²) >= 11 is 0. The molecule has 0 aromatic carbocycles.